The van der Waals surface area contributed by atoms with E-state index >= 15 is 0 Å². The van der Waals surface area contributed by atoms with E-state index in [1.165, 1.54) is 18.4 Å². The standard InChI is InChI=1S/C22H19N5O4S/c23-32(29,30)19-8-2-6-17(13-19)26-22-24-10-9-20(27-22)15-4-1-5-16(12-15)25-21(28)14-18-7-3-11-31-18/h1-13H,14H2,(H,25,28)(H2,23,29,30)(H,24,26,27). The molecule has 2 aromatic carbocycles. The van der Waals surface area contributed by atoms with Crippen LogP contribution in [-0.2, 0) is 21.2 Å². The van der Waals surface area contributed by atoms with E-state index in [4.69, 9.17) is 9.56 Å². The fourth-order valence-corrected chi connectivity index (χ4v) is 3.55. The number of nitrogens with two attached hydrogens (primary N) is 1. The van der Waals surface area contributed by atoms with Crippen molar-refractivity contribution < 1.29 is 17.6 Å². The third-order valence-electron chi connectivity index (χ3n) is 4.43. The van der Waals surface area contributed by atoms with Crippen LogP contribution in [0.25, 0.3) is 11.3 Å². The lowest BCUT2D eigenvalue weighted by atomic mass is 10.1. The van der Waals surface area contributed by atoms with Crippen molar-refractivity contribution in [3.63, 3.8) is 0 Å². The van der Waals surface area contributed by atoms with Crippen LogP contribution in [0.5, 0.6) is 0 Å². The molecule has 32 heavy (non-hydrogen) atoms. The third-order valence-corrected chi connectivity index (χ3v) is 5.34. The molecule has 0 saturated carbocycles. The summed E-state index contributed by atoms with van der Waals surface area (Å²) in [6.07, 6.45) is 3.24. The van der Waals surface area contributed by atoms with Gasteiger partial charge in [-0.1, -0.05) is 18.2 Å². The van der Waals surface area contributed by atoms with Crippen molar-refractivity contribution in [3.05, 3.63) is 85.0 Å². The smallest absolute Gasteiger partial charge is 0.238 e. The van der Waals surface area contributed by atoms with Gasteiger partial charge in [-0.05, 0) is 48.5 Å². The zero-order valence-electron chi connectivity index (χ0n) is 16.7. The Morgan fingerprint density at radius 3 is 2.59 bits per heavy atom. The fourth-order valence-electron chi connectivity index (χ4n) is 2.99. The minimum atomic E-state index is -3.82. The molecule has 0 aliphatic carbocycles. The van der Waals surface area contributed by atoms with Crippen LogP contribution < -0.4 is 15.8 Å². The topological polar surface area (TPSA) is 140 Å². The molecule has 4 aromatic rings. The maximum atomic E-state index is 12.2. The van der Waals surface area contributed by atoms with E-state index in [0.29, 0.717) is 22.8 Å². The summed E-state index contributed by atoms with van der Waals surface area (Å²) < 4.78 is 28.3. The molecule has 0 radical (unpaired) electrons. The van der Waals surface area contributed by atoms with Crippen molar-refractivity contribution in [1.82, 2.24) is 9.97 Å². The van der Waals surface area contributed by atoms with Gasteiger partial charge in [0.2, 0.25) is 21.9 Å². The number of furan rings is 1. The first-order valence-electron chi connectivity index (χ1n) is 9.52. The number of carbonyl (C=O) groups excluding carboxylic acids is 1. The van der Waals surface area contributed by atoms with Crippen LogP contribution in [0.1, 0.15) is 5.76 Å². The number of sulfonamides is 1. The second-order valence-corrected chi connectivity index (χ2v) is 8.41. The highest BCUT2D eigenvalue weighted by Gasteiger charge is 2.10. The minimum Gasteiger partial charge on any atom is -0.469 e. The van der Waals surface area contributed by atoms with Crippen LogP contribution in [0, 0.1) is 0 Å². The highest BCUT2D eigenvalue weighted by molar-refractivity contribution is 7.89. The molecule has 2 aromatic heterocycles. The van der Waals surface area contributed by atoms with E-state index in [1.807, 2.05) is 12.1 Å². The number of nitrogens with zero attached hydrogens (tertiary/aromatic N) is 2. The SMILES string of the molecule is NS(=O)(=O)c1cccc(Nc2nccc(-c3cccc(NC(=O)Cc4ccco4)c3)n2)c1. The first kappa shape index (κ1) is 21.2. The average molecular weight is 449 g/mol. The molecule has 4 N–H and O–H groups in total. The van der Waals surface area contributed by atoms with Gasteiger partial charge >= 0.3 is 0 Å². The first-order valence-corrected chi connectivity index (χ1v) is 11.1. The van der Waals surface area contributed by atoms with Gasteiger partial charge in [0, 0.05) is 23.1 Å². The molecule has 0 fully saturated rings. The molecule has 1 amide bonds. The van der Waals surface area contributed by atoms with Crippen LogP contribution >= 0.6 is 0 Å². The Labute approximate surface area is 184 Å². The molecule has 162 valence electrons. The number of hydrogen-bond acceptors (Lipinski definition) is 7. The molecule has 0 unspecified atom stereocenters. The van der Waals surface area contributed by atoms with E-state index in [1.54, 1.807) is 48.7 Å². The molecule has 0 aliphatic rings. The molecular weight excluding hydrogens is 430 g/mol. The molecule has 10 heteroatoms. The van der Waals surface area contributed by atoms with Gasteiger partial charge in [-0.2, -0.15) is 0 Å². The Hall–Kier alpha value is -4.02. The Morgan fingerprint density at radius 1 is 1.00 bits per heavy atom. The number of benzene rings is 2. The maximum absolute atomic E-state index is 12.2. The quantitative estimate of drug-likeness (QED) is 0.393. The summed E-state index contributed by atoms with van der Waals surface area (Å²) in [5.74, 6) is 0.662. The number of aromatic nitrogens is 2. The molecule has 0 atom stereocenters. The normalized spacial score (nSPS) is 11.2. The van der Waals surface area contributed by atoms with E-state index in [2.05, 4.69) is 20.6 Å². The number of anilines is 3. The number of nitrogens with one attached hydrogen (secondary N) is 2. The van der Waals surface area contributed by atoms with E-state index in [9.17, 15) is 13.2 Å². The number of amides is 1. The minimum absolute atomic E-state index is 0.0170. The number of carbonyl (C=O) groups is 1. The second-order valence-electron chi connectivity index (χ2n) is 6.85. The van der Waals surface area contributed by atoms with Gasteiger partial charge in [0.25, 0.3) is 0 Å². The molecular formula is C22H19N5O4S. The summed E-state index contributed by atoms with van der Waals surface area (Å²) in [6, 6.07) is 18.5. The summed E-state index contributed by atoms with van der Waals surface area (Å²) in [6.45, 7) is 0. The van der Waals surface area contributed by atoms with Crippen LogP contribution in [0.4, 0.5) is 17.3 Å². The van der Waals surface area contributed by atoms with Crippen LogP contribution in [0.2, 0.25) is 0 Å². The van der Waals surface area contributed by atoms with Gasteiger partial charge in [-0.25, -0.2) is 23.5 Å². The lowest BCUT2D eigenvalue weighted by Crippen LogP contribution is -2.13. The van der Waals surface area contributed by atoms with Crippen molar-refractivity contribution >= 4 is 33.3 Å². The number of rotatable bonds is 7. The third kappa shape index (κ3) is 5.36. The highest BCUT2D eigenvalue weighted by Crippen LogP contribution is 2.23. The van der Waals surface area contributed by atoms with Gasteiger partial charge in [0.1, 0.15) is 5.76 Å². The largest absolute Gasteiger partial charge is 0.469 e. The predicted molar refractivity (Wildman–Crippen MR) is 120 cm³/mol. The van der Waals surface area contributed by atoms with Crippen LogP contribution in [0.15, 0.2) is 88.5 Å². The van der Waals surface area contributed by atoms with Gasteiger partial charge in [-0.3, -0.25) is 4.79 Å². The maximum Gasteiger partial charge on any atom is 0.238 e. The van der Waals surface area contributed by atoms with Gasteiger partial charge in [0.15, 0.2) is 0 Å². The Bertz CT molecular complexity index is 1350. The first-order chi connectivity index (χ1) is 15.4. The van der Waals surface area contributed by atoms with Crippen LogP contribution in [-0.4, -0.2) is 24.3 Å². The van der Waals surface area contributed by atoms with Crippen molar-refractivity contribution in [2.45, 2.75) is 11.3 Å². The summed E-state index contributed by atoms with van der Waals surface area (Å²) in [7, 11) is -3.82. The average Bonchev–Trinajstić information content (AvgIpc) is 3.26. The molecule has 0 saturated heterocycles. The molecule has 9 nitrogen and oxygen atoms in total. The predicted octanol–water partition coefficient (Wildman–Crippen LogP) is 3.31. The van der Waals surface area contributed by atoms with E-state index < -0.39 is 10.0 Å². The van der Waals surface area contributed by atoms with Crippen molar-refractivity contribution in [3.8, 4) is 11.3 Å². The number of primary sulfonamides is 1. The van der Waals surface area contributed by atoms with E-state index in [0.717, 1.165) is 5.56 Å². The zero-order valence-corrected chi connectivity index (χ0v) is 17.5. The number of hydrogen-bond donors (Lipinski definition) is 3. The second kappa shape index (κ2) is 9.00. The summed E-state index contributed by atoms with van der Waals surface area (Å²) >= 11 is 0. The summed E-state index contributed by atoms with van der Waals surface area (Å²) in [5.41, 5.74) is 2.48. The lowest BCUT2D eigenvalue weighted by molar-refractivity contribution is -0.115. The molecule has 2 heterocycles. The van der Waals surface area contributed by atoms with Gasteiger partial charge in [0.05, 0.1) is 23.3 Å². The molecule has 0 aliphatic heterocycles. The van der Waals surface area contributed by atoms with Crippen molar-refractivity contribution in [2.24, 2.45) is 5.14 Å². The monoisotopic (exact) mass is 449 g/mol. The van der Waals surface area contributed by atoms with Gasteiger partial charge in [-0.15, -0.1) is 0 Å². The lowest BCUT2D eigenvalue weighted by Gasteiger charge is -2.09. The summed E-state index contributed by atoms with van der Waals surface area (Å²) in [4.78, 5) is 20.9. The van der Waals surface area contributed by atoms with Crippen molar-refractivity contribution in [1.29, 1.82) is 0 Å². The van der Waals surface area contributed by atoms with Crippen molar-refractivity contribution in [2.75, 3.05) is 10.6 Å². The molecule has 0 bridgehead atoms. The fraction of sp³-hybridized carbons (Fsp3) is 0.0455. The Balaban J connectivity index is 1.51. The van der Waals surface area contributed by atoms with Crippen LogP contribution in [0.3, 0.4) is 0 Å². The molecule has 0 spiro atoms. The zero-order chi connectivity index (χ0) is 22.6. The Kier molecular flexibility index (Phi) is 5.97. The highest BCUT2D eigenvalue weighted by atomic mass is 32.2. The Morgan fingerprint density at radius 2 is 1.81 bits per heavy atom. The molecule has 4 rings (SSSR count). The summed E-state index contributed by atoms with van der Waals surface area (Å²) in [5, 5.41) is 11.0. The van der Waals surface area contributed by atoms with E-state index in [-0.39, 0.29) is 23.2 Å². The van der Waals surface area contributed by atoms with Gasteiger partial charge < -0.3 is 15.1 Å².